The van der Waals surface area contributed by atoms with E-state index in [1.165, 1.54) is 0 Å². The van der Waals surface area contributed by atoms with E-state index in [9.17, 15) is 0 Å². The summed E-state index contributed by atoms with van der Waals surface area (Å²) in [4.78, 5) is 10.2. The molecule has 2 rings (SSSR count). The summed E-state index contributed by atoms with van der Waals surface area (Å²) in [5, 5.41) is 0. The van der Waals surface area contributed by atoms with Crippen molar-refractivity contribution in [2.24, 2.45) is 5.73 Å². The third kappa shape index (κ3) is 3.60. The van der Waals surface area contributed by atoms with E-state index in [0.29, 0.717) is 6.42 Å². The Bertz CT molecular complexity index is 558. The molecule has 0 atom stereocenters. The van der Waals surface area contributed by atoms with Crippen LogP contribution in [0.2, 0.25) is 0 Å². The zero-order valence-corrected chi connectivity index (χ0v) is 13.1. The van der Waals surface area contributed by atoms with E-state index >= 15 is 0 Å². The van der Waals surface area contributed by atoms with E-state index in [1.807, 2.05) is 32.9 Å². The van der Waals surface area contributed by atoms with Gasteiger partial charge in [0.15, 0.2) is 0 Å². The lowest BCUT2D eigenvalue weighted by Gasteiger charge is -2.17. The van der Waals surface area contributed by atoms with Gasteiger partial charge in [-0.3, -0.25) is 0 Å². The van der Waals surface area contributed by atoms with E-state index in [4.69, 9.17) is 5.73 Å². The summed E-state index contributed by atoms with van der Waals surface area (Å²) < 4.78 is 1.11. The van der Waals surface area contributed by atoms with Crippen molar-refractivity contribution in [2.75, 3.05) is 0 Å². The molecule has 2 N–H and O–H groups in total. The summed E-state index contributed by atoms with van der Waals surface area (Å²) in [6, 6.07) is 6.10. The lowest BCUT2D eigenvalue weighted by Crippen LogP contribution is -2.35. The molecule has 0 aromatic carbocycles. The second-order valence-corrected chi connectivity index (χ2v) is 7.54. The van der Waals surface area contributed by atoms with Gasteiger partial charge >= 0.3 is 0 Å². The van der Waals surface area contributed by atoms with Crippen molar-refractivity contribution in [1.29, 1.82) is 0 Å². The molecular weight excluding hydrogens is 310 g/mol. The molecule has 0 radical (unpaired) electrons. The Morgan fingerprint density at radius 3 is 2.61 bits per heavy atom. The van der Waals surface area contributed by atoms with Crippen LogP contribution in [0.15, 0.2) is 22.0 Å². The average Bonchev–Trinajstić information content (AvgIpc) is 2.61. The van der Waals surface area contributed by atoms with Crippen LogP contribution in [-0.4, -0.2) is 15.5 Å². The summed E-state index contributed by atoms with van der Waals surface area (Å²) in [5.41, 5.74) is 7.68. The Morgan fingerprint density at radius 2 is 2.06 bits per heavy atom. The zero-order chi connectivity index (χ0) is 13.3. The molecule has 0 saturated carbocycles. The van der Waals surface area contributed by atoms with Gasteiger partial charge in [0.2, 0.25) is 0 Å². The highest BCUT2D eigenvalue weighted by atomic mass is 79.9. The van der Waals surface area contributed by atoms with Crippen molar-refractivity contribution in [3.05, 3.63) is 33.5 Å². The van der Waals surface area contributed by atoms with Gasteiger partial charge in [-0.05, 0) is 54.9 Å². The molecule has 5 heteroatoms. The maximum atomic E-state index is 6.03. The summed E-state index contributed by atoms with van der Waals surface area (Å²) in [7, 11) is 0. The third-order valence-corrected chi connectivity index (χ3v) is 3.99. The molecule has 3 nitrogen and oxygen atoms in total. The molecule has 96 valence electrons. The van der Waals surface area contributed by atoms with E-state index in [2.05, 4.69) is 32.0 Å². The molecule has 0 spiro atoms. The summed E-state index contributed by atoms with van der Waals surface area (Å²) in [5.74, 6) is 0.807. The lowest BCUT2D eigenvalue weighted by molar-refractivity contribution is 0.502. The highest BCUT2D eigenvalue weighted by Crippen LogP contribution is 2.30. The molecule has 0 amide bonds. The molecule has 2 aromatic heterocycles. The maximum Gasteiger partial charge on any atom is 0.131 e. The minimum absolute atomic E-state index is 0.291. The Balaban J connectivity index is 2.38. The van der Waals surface area contributed by atoms with Crippen LogP contribution in [0.4, 0.5) is 0 Å². The topological polar surface area (TPSA) is 51.8 Å². The molecule has 0 unspecified atom stereocenters. The largest absolute Gasteiger partial charge is 0.325 e. The van der Waals surface area contributed by atoms with Crippen molar-refractivity contribution in [3.63, 3.8) is 0 Å². The van der Waals surface area contributed by atoms with Gasteiger partial charge in [-0.15, -0.1) is 11.3 Å². The Kier molecular flexibility index (Phi) is 3.84. The maximum absolute atomic E-state index is 6.03. The number of rotatable bonds is 3. The molecule has 0 aliphatic rings. The van der Waals surface area contributed by atoms with Crippen LogP contribution < -0.4 is 5.73 Å². The van der Waals surface area contributed by atoms with Gasteiger partial charge in [-0.25, -0.2) is 9.97 Å². The number of hydrogen-bond acceptors (Lipinski definition) is 4. The van der Waals surface area contributed by atoms with E-state index < -0.39 is 0 Å². The molecular formula is C13H16BrN3S. The Hall–Kier alpha value is -0.780. The molecule has 0 aliphatic heterocycles. The van der Waals surface area contributed by atoms with Crippen molar-refractivity contribution < 1.29 is 0 Å². The lowest BCUT2D eigenvalue weighted by atomic mass is 10.0. The van der Waals surface area contributed by atoms with Crippen LogP contribution in [-0.2, 0) is 6.42 Å². The van der Waals surface area contributed by atoms with Gasteiger partial charge in [-0.2, -0.15) is 0 Å². The first-order chi connectivity index (χ1) is 8.33. The number of hydrogen-bond donors (Lipinski definition) is 1. The van der Waals surface area contributed by atoms with E-state index in [-0.39, 0.29) is 5.54 Å². The predicted molar refractivity (Wildman–Crippen MR) is 79.8 cm³/mol. The fourth-order valence-electron chi connectivity index (χ4n) is 1.69. The van der Waals surface area contributed by atoms with Gasteiger partial charge in [0.25, 0.3) is 0 Å². The molecule has 2 aromatic rings. The monoisotopic (exact) mass is 325 g/mol. The Morgan fingerprint density at radius 1 is 1.33 bits per heavy atom. The summed E-state index contributed by atoms with van der Waals surface area (Å²) >= 11 is 5.14. The van der Waals surface area contributed by atoms with Crippen LogP contribution in [0.25, 0.3) is 10.6 Å². The normalized spacial score (nSPS) is 11.8. The number of halogens is 1. The van der Waals surface area contributed by atoms with Gasteiger partial charge in [0.1, 0.15) is 5.82 Å². The zero-order valence-electron chi connectivity index (χ0n) is 10.7. The molecule has 18 heavy (non-hydrogen) atoms. The van der Waals surface area contributed by atoms with Crippen LogP contribution in [0.5, 0.6) is 0 Å². The van der Waals surface area contributed by atoms with E-state index in [1.54, 1.807) is 11.3 Å². The summed E-state index contributed by atoms with van der Waals surface area (Å²) in [6.07, 6.45) is 0.675. The minimum Gasteiger partial charge on any atom is -0.325 e. The van der Waals surface area contributed by atoms with Gasteiger partial charge in [0.05, 0.1) is 14.4 Å². The first-order valence-electron chi connectivity index (χ1n) is 5.73. The van der Waals surface area contributed by atoms with Crippen LogP contribution in [0.1, 0.15) is 25.4 Å². The van der Waals surface area contributed by atoms with Crippen molar-refractivity contribution in [3.8, 4) is 10.6 Å². The highest BCUT2D eigenvalue weighted by Gasteiger charge is 2.15. The predicted octanol–water partition coefficient (Wildman–Crippen LogP) is 3.56. The van der Waals surface area contributed by atoms with Gasteiger partial charge in [0, 0.05) is 17.7 Å². The standard InChI is InChI=1S/C13H16BrN3S/c1-8-6-9(10-4-5-11(14)18-10)17-12(16-8)7-13(2,3)15/h4-6H,7,15H2,1-3H3. The minimum atomic E-state index is -0.291. The molecule has 2 heterocycles. The number of aromatic nitrogens is 2. The fourth-order valence-corrected chi connectivity index (χ4v) is 3.04. The van der Waals surface area contributed by atoms with Crippen LogP contribution >= 0.6 is 27.3 Å². The smallest absolute Gasteiger partial charge is 0.131 e. The van der Waals surface area contributed by atoms with Gasteiger partial charge in [-0.1, -0.05) is 0 Å². The Labute approximate surface area is 120 Å². The number of nitrogens with zero attached hydrogens (tertiary/aromatic N) is 2. The number of aryl methyl sites for hydroxylation is 1. The van der Waals surface area contributed by atoms with Crippen molar-refractivity contribution in [2.45, 2.75) is 32.7 Å². The number of nitrogens with two attached hydrogens (primary N) is 1. The quantitative estimate of drug-likeness (QED) is 0.938. The first-order valence-corrected chi connectivity index (χ1v) is 7.33. The molecule has 0 saturated heterocycles. The number of thiophene rings is 1. The second-order valence-electron chi connectivity index (χ2n) is 5.08. The molecule has 0 aliphatic carbocycles. The fraction of sp³-hybridized carbons (Fsp3) is 0.385. The SMILES string of the molecule is Cc1cc(-c2ccc(Br)s2)nc(CC(C)(C)N)n1. The van der Waals surface area contributed by atoms with Crippen molar-refractivity contribution in [1.82, 2.24) is 9.97 Å². The third-order valence-electron chi connectivity index (χ3n) is 2.34. The average molecular weight is 326 g/mol. The van der Waals surface area contributed by atoms with E-state index in [0.717, 1.165) is 25.9 Å². The van der Waals surface area contributed by atoms with Crippen molar-refractivity contribution >= 4 is 27.3 Å². The molecule has 0 fully saturated rings. The van der Waals surface area contributed by atoms with Crippen LogP contribution in [0.3, 0.4) is 0 Å². The second kappa shape index (κ2) is 5.07. The molecule has 0 bridgehead atoms. The van der Waals surface area contributed by atoms with Crippen LogP contribution in [0, 0.1) is 6.92 Å². The highest BCUT2D eigenvalue weighted by molar-refractivity contribution is 9.11. The summed E-state index contributed by atoms with van der Waals surface area (Å²) in [6.45, 7) is 5.96. The first kappa shape index (κ1) is 13.6. The van der Waals surface area contributed by atoms with Gasteiger partial charge < -0.3 is 5.73 Å².